The van der Waals surface area contributed by atoms with Gasteiger partial charge in [-0.3, -0.25) is 9.48 Å². The summed E-state index contributed by atoms with van der Waals surface area (Å²) in [5.41, 5.74) is 2.17. The number of hydrogen-bond donors (Lipinski definition) is 2. The normalized spacial score (nSPS) is 18.4. The number of aryl methyl sites for hydroxylation is 1. The van der Waals surface area contributed by atoms with Crippen LogP contribution < -0.4 is 10.9 Å². The lowest BCUT2D eigenvalue weighted by molar-refractivity contribution is 0.564. The Kier molecular flexibility index (Phi) is 3.33. The van der Waals surface area contributed by atoms with Crippen molar-refractivity contribution < 1.29 is 4.39 Å². The zero-order valence-corrected chi connectivity index (χ0v) is 14.3. The Morgan fingerprint density at radius 2 is 1.96 bits per heavy atom. The van der Waals surface area contributed by atoms with Gasteiger partial charge in [-0.05, 0) is 29.8 Å². The molecular formula is C19H15FN6O. The van der Waals surface area contributed by atoms with Gasteiger partial charge in [0.25, 0.3) is 5.56 Å². The molecule has 0 spiro atoms. The number of nitrogens with zero attached hydrogens (tertiary/aromatic N) is 4. The van der Waals surface area contributed by atoms with Gasteiger partial charge >= 0.3 is 0 Å². The lowest BCUT2D eigenvalue weighted by atomic mass is 9.83. The maximum absolute atomic E-state index is 13.5. The van der Waals surface area contributed by atoms with Crippen molar-refractivity contribution in [1.29, 1.82) is 0 Å². The second kappa shape index (κ2) is 5.73. The quantitative estimate of drug-likeness (QED) is 0.572. The van der Waals surface area contributed by atoms with Gasteiger partial charge in [-0.15, -0.1) is 0 Å². The number of aromatic amines is 1. The summed E-state index contributed by atoms with van der Waals surface area (Å²) in [6.07, 6.45) is 1.49. The van der Waals surface area contributed by atoms with Crippen LogP contribution in [-0.2, 0) is 7.05 Å². The van der Waals surface area contributed by atoms with Crippen LogP contribution in [0.1, 0.15) is 29.0 Å². The molecule has 3 heterocycles. The molecule has 7 nitrogen and oxygen atoms in total. The highest BCUT2D eigenvalue weighted by Gasteiger charge is 2.37. The SMILES string of the molecule is Cn1ncnc1[C@H]1c2n[nH]c(=O)c3cccc(c23)N[C@@H]1c1ccc(F)cc1. The molecule has 0 bridgehead atoms. The lowest BCUT2D eigenvalue weighted by Crippen LogP contribution is -2.29. The molecule has 134 valence electrons. The predicted molar refractivity (Wildman–Crippen MR) is 98.0 cm³/mol. The monoisotopic (exact) mass is 362 g/mol. The van der Waals surface area contributed by atoms with E-state index in [1.807, 2.05) is 19.2 Å². The van der Waals surface area contributed by atoms with Gasteiger partial charge in [0.1, 0.15) is 18.0 Å². The fourth-order valence-electron chi connectivity index (χ4n) is 3.80. The van der Waals surface area contributed by atoms with Crippen molar-refractivity contribution >= 4 is 16.5 Å². The molecule has 0 aliphatic carbocycles. The van der Waals surface area contributed by atoms with Crippen molar-refractivity contribution in [3.8, 4) is 0 Å². The minimum Gasteiger partial charge on any atom is -0.377 e. The van der Waals surface area contributed by atoms with Gasteiger partial charge in [-0.2, -0.15) is 10.2 Å². The molecule has 0 saturated carbocycles. The summed E-state index contributed by atoms with van der Waals surface area (Å²) in [4.78, 5) is 16.7. The van der Waals surface area contributed by atoms with Crippen LogP contribution >= 0.6 is 0 Å². The first-order valence-electron chi connectivity index (χ1n) is 8.50. The number of benzene rings is 2. The number of H-pyrrole nitrogens is 1. The van der Waals surface area contributed by atoms with Crippen molar-refractivity contribution in [2.45, 2.75) is 12.0 Å². The molecule has 0 amide bonds. The molecule has 8 heteroatoms. The van der Waals surface area contributed by atoms with E-state index < -0.39 is 0 Å². The van der Waals surface area contributed by atoms with Gasteiger partial charge in [0.15, 0.2) is 0 Å². The maximum Gasteiger partial charge on any atom is 0.272 e. The third kappa shape index (κ3) is 2.33. The molecule has 5 rings (SSSR count). The fraction of sp³-hybridized carbons (Fsp3) is 0.158. The first-order valence-corrected chi connectivity index (χ1v) is 8.50. The molecule has 1 aliphatic heterocycles. The third-order valence-corrected chi connectivity index (χ3v) is 5.04. The first kappa shape index (κ1) is 15.7. The smallest absolute Gasteiger partial charge is 0.272 e. The molecule has 2 atom stereocenters. The number of halogens is 1. The largest absolute Gasteiger partial charge is 0.377 e. The van der Waals surface area contributed by atoms with Gasteiger partial charge in [0.05, 0.1) is 23.0 Å². The maximum atomic E-state index is 13.5. The Bertz CT molecular complexity index is 1210. The Balaban J connectivity index is 1.81. The minimum absolute atomic E-state index is 0.241. The van der Waals surface area contributed by atoms with E-state index in [1.54, 1.807) is 22.9 Å². The van der Waals surface area contributed by atoms with Gasteiger partial charge in [0.2, 0.25) is 0 Å². The van der Waals surface area contributed by atoms with Crippen molar-refractivity contribution in [1.82, 2.24) is 25.0 Å². The highest BCUT2D eigenvalue weighted by molar-refractivity contribution is 5.97. The summed E-state index contributed by atoms with van der Waals surface area (Å²) in [5.74, 6) is 0.0964. The molecule has 2 aromatic carbocycles. The molecule has 0 unspecified atom stereocenters. The average Bonchev–Trinajstić information content (AvgIpc) is 3.10. The average molecular weight is 362 g/mol. The number of rotatable bonds is 2. The molecule has 4 aromatic rings. The van der Waals surface area contributed by atoms with Gasteiger partial charge in [-0.1, -0.05) is 18.2 Å². The van der Waals surface area contributed by atoms with Crippen LogP contribution in [0, 0.1) is 5.82 Å². The molecule has 2 aromatic heterocycles. The predicted octanol–water partition coefficient (Wildman–Crippen LogP) is 2.49. The zero-order chi connectivity index (χ0) is 18.5. The van der Waals surface area contributed by atoms with Crippen molar-refractivity contribution in [2.24, 2.45) is 7.05 Å². The second-order valence-electron chi connectivity index (χ2n) is 6.56. The highest BCUT2D eigenvalue weighted by atomic mass is 19.1. The highest BCUT2D eigenvalue weighted by Crippen LogP contribution is 2.45. The molecule has 27 heavy (non-hydrogen) atoms. The van der Waals surface area contributed by atoms with Crippen LogP contribution in [0.5, 0.6) is 0 Å². The summed E-state index contributed by atoms with van der Waals surface area (Å²) < 4.78 is 15.1. The molecule has 0 radical (unpaired) electrons. The standard InChI is InChI=1S/C19H15FN6O/c1-26-18(21-9-22-26)15-16(10-5-7-11(20)8-6-10)23-13-4-2-3-12-14(13)17(15)24-25-19(12)27/h2-9,15-16,23H,1H3,(H,25,27)/t15-,16-/m1/s1. The number of nitrogens with one attached hydrogen (secondary N) is 2. The topological polar surface area (TPSA) is 88.5 Å². The van der Waals surface area contributed by atoms with Gasteiger partial charge in [-0.25, -0.2) is 14.5 Å². The Morgan fingerprint density at radius 3 is 2.70 bits per heavy atom. The molecule has 1 aliphatic rings. The van der Waals surface area contributed by atoms with Crippen LogP contribution in [0.25, 0.3) is 10.8 Å². The Labute approximate surface area is 152 Å². The summed E-state index contributed by atoms with van der Waals surface area (Å²) in [6.45, 7) is 0. The number of aromatic nitrogens is 5. The molecule has 0 fully saturated rings. The molecule has 2 N–H and O–H groups in total. The van der Waals surface area contributed by atoms with E-state index in [1.165, 1.54) is 18.5 Å². The van der Waals surface area contributed by atoms with Crippen LogP contribution in [0.2, 0.25) is 0 Å². The Hall–Kier alpha value is -3.55. The van der Waals surface area contributed by atoms with E-state index in [4.69, 9.17) is 0 Å². The minimum atomic E-state index is -0.308. The van der Waals surface area contributed by atoms with Crippen LogP contribution in [0.15, 0.2) is 53.6 Å². The van der Waals surface area contributed by atoms with Crippen LogP contribution in [0.3, 0.4) is 0 Å². The lowest BCUT2D eigenvalue weighted by Gasteiger charge is -2.33. The number of hydrogen-bond acceptors (Lipinski definition) is 5. The van der Waals surface area contributed by atoms with E-state index in [-0.39, 0.29) is 23.3 Å². The van der Waals surface area contributed by atoms with E-state index >= 15 is 0 Å². The van der Waals surface area contributed by atoms with Crippen LogP contribution in [0.4, 0.5) is 10.1 Å². The summed E-state index contributed by atoms with van der Waals surface area (Å²) in [6, 6.07) is 11.6. The summed E-state index contributed by atoms with van der Waals surface area (Å²) >= 11 is 0. The van der Waals surface area contributed by atoms with Crippen LogP contribution in [-0.4, -0.2) is 25.0 Å². The summed E-state index contributed by atoms with van der Waals surface area (Å²) in [5, 5.41) is 16.0. The van der Waals surface area contributed by atoms with Gasteiger partial charge in [0, 0.05) is 18.1 Å². The van der Waals surface area contributed by atoms with E-state index in [0.29, 0.717) is 16.9 Å². The van der Waals surface area contributed by atoms with Crippen molar-refractivity contribution in [3.63, 3.8) is 0 Å². The van der Waals surface area contributed by atoms with E-state index in [9.17, 15) is 9.18 Å². The summed E-state index contributed by atoms with van der Waals surface area (Å²) in [7, 11) is 1.81. The van der Waals surface area contributed by atoms with E-state index in [2.05, 4.69) is 25.6 Å². The van der Waals surface area contributed by atoms with Gasteiger partial charge < -0.3 is 5.32 Å². The zero-order valence-electron chi connectivity index (χ0n) is 14.3. The first-order chi connectivity index (χ1) is 13.1. The Morgan fingerprint density at radius 1 is 1.15 bits per heavy atom. The van der Waals surface area contributed by atoms with E-state index in [0.717, 1.165) is 16.6 Å². The molecule has 0 saturated heterocycles. The fourth-order valence-corrected chi connectivity index (χ4v) is 3.80. The second-order valence-corrected chi connectivity index (χ2v) is 6.56. The third-order valence-electron chi connectivity index (χ3n) is 5.04. The number of anilines is 1. The van der Waals surface area contributed by atoms with Crippen molar-refractivity contribution in [3.05, 3.63) is 82.0 Å². The van der Waals surface area contributed by atoms with Crippen molar-refractivity contribution in [2.75, 3.05) is 5.32 Å². The molecular weight excluding hydrogens is 347 g/mol.